The van der Waals surface area contributed by atoms with E-state index in [1.54, 1.807) is 37.5 Å². The molecule has 1 aromatic heterocycles. The van der Waals surface area contributed by atoms with E-state index in [9.17, 15) is 14.7 Å². The van der Waals surface area contributed by atoms with Crippen molar-refractivity contribution in [3.05, 3.63) is 59.2 Å². The highest BCUT2D eigenvalue weighted by Gasteiger charge is 2.32. The number of aliphatic hydroxyl groups excluding tert-OH is 1. The van der Waals surface area contributed by atoms with Crippen LogP contribution in [-0.2, 0) is 4.79 Å². The van der Waals surface area contributed by atoms with Gasteiger partial charge >= 0.3 is 5.97 Å². The number of nitrogens with one attached hydrogen (secondary N) is 1. The first kappa shape index (κ1) is 26.7. The van der Waals surface area contributed by atoms with E-state index < -0.39 is 23.4 Å². The monoisotopic (exact) mass is 499 g/mol. The van der Waals surface area contributed by atoms with Gasteiger partial charge in [0.2, 0.25) is 0 Å². The lowest BCUT2D eigenvalue weighted by Gasteiger charge is -2.22. The second-order valence-corrected chi connectivity index (χ2v) is 9.88. The molecule has 0 bridgehead atoms. The predicted octanol–water partition coefficient (Wildman–Crippen LogP) is 4.67. The average molecular weight is 500 g/mol. The molecule has 2 aromatic carbocycles. The van der Waals surface area contributed by atoms with Crippen molar-refractivity contribution in [2.45, 2.75) is 40.7 Å². The van der Waals surface area contributed by atoms with E-state index >= 15 is 0 Å². The number of hydrogen-bond acceptors (Lipinski definition) is 5. The van der Waals surface area contributed by atoms with Crippen LogP contribution in [0.25, 0.3) is 16.6 Å². The van der Waals surface area contributed by atoms with Gasteiger partial charge in [-0.2, -0.15) is 0 Å². The summed E-state index contributed by atoms with van der Waals surface area (Å²) in [7, 11) is 0. The normalized spacial score (nSPS) is 12.7. The summed E-state index contributed by atoms with van der Waals surface area (Å²) in [4.78, 5) is 28.6. The van der Waals surface area contributed by atoms with Crippen molar-refractivity contribution in [3.63, 3.8) is 0 Å². The van der Waals surface area contributed by atoms with Crippen LogP contribution in [-0.4, -0.2) is 58.7 Å². The largest absolute Gasteiger partial charge is 0.423 e. The van der Waals surface area contributed by atoms with Crippen molar-refractivity contribution in [1.29, 1.82) is 0 Å². The Hall–Kier alpha value is -2.87. The third-order valence-corrected chi connectivity index (χ3v) is 6.11. The van der Waals surface area contributed by atoms with Gasteiger partial charge in [0, 0.05) is 18.8 Å². The van der Waals surface area contributed by atoms with E-state index in [4.69, 9.17) is 16.3 Å². The zero-order valence-electron chi connectivity index (χ0n) is 21.0. The number of ether oxygens (including phenoxy) is 1. The lowest BCUT2D eigenvalue weighted by atomic mass is 9.97. The molecule has 0 radical (unpaired) electrons. The number of benzene rings is 2. The molecule has 3 aromatic rings. The SMILES string of the molecule is CCN(CC)CC(O)CNC(=O)c1c(OC(=O)C(C)(C)C)c2c(Cl)cccc2n1-c1ccccc1. The summed E-state index contributed by atoms with van der Waals surface area (Å²) < 4.78 is 7.59. The number of amides is 1. The Morgan fingerprint density at radius 2 is 1.74 bits per heavy atom. The summed E-state index contributed by atoms with van der Waals surface area (Å²) in [5, 5.41) is 14.2. The van der Waals surface area contributed by atoms with Gasteiger partial charge in [0.1, 0.15) is 0 Å². The molecule has 1 unspecified atom stereocenters. The Kier molecular flexibility index (Phi) is 8.59. The van der Waals surface area contributed by atoms with Gasteiger partial charge in [-0.1, -0.05) is 49.7 Å². The summed E-state index contributed by atoms with van der Waals surface area (Å²) in [5.41, 5.74) is 0.698. The molecule has 35 heavy (non-hydrogen) atoms. The highest BCUT2D eigenvalue weighted by atomic mass is 35.5. The first-order valence-corrected chi connectivity index (χ1v) is 12.3. The Bertz CT molecular complexity index is 1180. The highest BCUT2D eigenvalue weighted by molar-refractivity contribution is 6.36. The molecule has 0 spiro atoms. The van der Waals surface area contributed by atoms with Gasteiger partial charge in [-0.25, -0.2) is 0 Å². The minimum absolute atomic E-state index is 0.0477. The summed E-state index contributed by atoms with van der Waals surface area (Å²) in [6, 6.07) is 14.6. The molecule has 8 heteroatoms. The number of para-hydroxylation sites is 1. The number of halogens is 1. The maximum atomic E-state index is 13.6. The maximum Gasteiger partial charge on any atom is 0.316 e. The topological polar surface area (TPSA) is 83.8 Å². The fourth-order valence-electron chi connectivity index (χ4n) is 3.80. The lowest BCUT2D eigenvalue weighted by Crippen LogP contribution is -2.40. The molecule has 0 aliphatic heterocycles. The Labute approximate surface area is 211 Å². The minimum atomic E-state index is -0.796. The number of fused-ring (bicyclic) bond motifs is 1. The molecule has 0 saturated carbocycles. The number of carbonyl (C=O) groups excluding carboxylic acids is 2. The van der Waals surface area contributed by atoms with Crippen molar-refractivity contribution in [1.82, 2.24) is 14.8 Å². The molecule has 0 aliphatic rings. The standard InChI is InChI=1S/C27H34ClN3O4/c1-6-30(7-2)17-19(32)16-29-25(33)23-24(35-26(34)27(3,4)5)22-20(28)14-11-15-21(22)31(23)18-12-9-8-10-13-18/h8-15,19,32H,6-7,16-17H2,1-5H3,(H,29,33). The van der Waals surface area contributed by atoms with E-state index in [0.717, 1.165) is 13.1 Å². The van der Waals surface area contributed by atoms with E-state index in [1.807, 2.05) is 50.2 Å². The lowest BCUT2D eigenvalue weighted by molar-refractivity contribution is -0.142. The van der Waals surface area contributed by atoms with Crippen molar-refractivity contribution in [2.24, 2.45) is 5.41 Å². The van der Waals surface area contributed by atoms with E-state index in [1.165, 1.54) is 0 Å². The van der Waals surface area contributed by atoms with Crippen LogP contribution in [0.15, 0.2) is 48.5 Å². The third kappa shape index (κ3) is 6.04. The smallest absolute Gasteiger partial charge is 0.316 e. The van der Waals surface area contributed by atoms with Gasteiger partial charge in [0.15, 0.2) is 11.4 Å². The van der Waals surface area contributed by atoms with Crippen molar-refractivity contribution < 1.29 is 19.4 Å². The van der Waals surface area contributed by atoms with Gasteiger partial charge in [-0.15, -0.1) is 0 Å². The average Bonchev–Trinajstić information content (AvgIpc) is 3.16. The summed E-state index contributed by atoms with van der Waals surface area (Å²) in [5.74, 6) is -0.860. The number of nitrogens with zero attached hydrogens (tertiary/aromatic N) is 2. The summed E-state index contributed by atoms with van der Waals surface area (Å²) in [6.07, 6.45) is -0.752. The first-order valence-electron chi connectivity index (χ1n) is 11.9. The zero-order valence-corrected chi connectivity index (χ0v) is 21.7. The quantitative estimate of drug-likeness (QED) is 0.418. The number of aromatic nitrogens is 1. The van der Waals surface area contributed by atoms with Gasteiger partial charge in [-0.05, 0) is 58.1 Å². The molecule has 1 amide bonds. The molecular formula is C27H34ClN3O4. The molecule has 2 N–H and O–H groups in total. The molecule has 7 nitrogen and oxygen atoms in total. The third-order valence-electron chi connectivity index (χ3n) is 5.80. The van der Waals surface area contributed by atoms with Crippen LogP contribution in [0.4, 0.5) is 0 Å². The van der Waals surface area contributed by atoms with E-state index in [-0.39, 0.29) is 18.0 Å². The number of hydrogen-bond donors (Lipinski definition) is 2. The van der Waals surface area contributed by atoms with E-state index in [0.29, 0.717) is 28.2 Å². The van der Waals surface area contributed by atoms with Crippen LogP contribution in [0.5, 0.6) is 5.75 Å². The van der Waals surface area contributed by atoms with Crippen molar-refractivity contribution in [2.75, 3.05) is 26.2 Å². The molecule has 1 heterocycles. The minimum Gasteiger partial charge on any atom is -0.423 e. The number of aliphatic hydroxyl groups is 1. The van der Waals surface area contributed by atoms with Crippen LogP contribution in [0.2, 0.25) is 5.02 Å². The van der Waals surface area contributed by atoms with Crippen LogP contribution >= 0.6 is 11.6 Å². The first-order chi connectivity index (χ1) is 16.6. The molecule has 0 aliphatic carbocycles. The fraction of sp³-hybridized carbons (Fsp3) is 0.407. The number of carbonyl (C=O) groups is 2. The summed E-state index contributed by atoms with van der Waals surface area (Å²) >= 11 is 6.57. The molecule has 0 saturated heterocycles. The Morgan fingerprint density at radius 3 is 2.34 bits per heavy atom. The van der Waals surface area contributed by atoms with Gasteiger partial charge in [0.25, 0.3) is 5.91 Å². The van der Waals surface area contributed by atoms with Crippen LogP contribution < -0.4 is 10.1 Å². The molecule has 188 valence electrons. The summed E-state index contributed by atoms with van der Waals surface area (Å²) in [6.45, 7) is 11.4. The zero-order chi connectivity index (χ0) is 25.8. The number of likely N-dealkylation sites (N-methyl/N-ethyl adjacent to an activating group) is 1. The van der Waals surface area contributed by atoms with Crippen molar-refractivity contribution >= 4 is 34.4 Å². The Morgan fingerprint density at radius 1 is 1.09 bits per heavy atom. The fourth-order valence-corrected chi connectivity index (χ4v) is 4.05. The van der Waals surface area contributed by atoms with Gasteiger partial charge < -0.3 is 24.6 Å². The number of rotatable bonds is 9. The van der Waals surface area contributed by atoms with Crippen LogP contribution in [0.1, 0.15) is 45.1 Å². The Balaban J connectivity index is 2.12. The van der Waals surface area contributed by atoms with Gasteiger partial charge in [-0.3, -0.25) is 9.59 Å². The molecule has 1 atom stereocenters. The highest BCUT2D eigenvalue weighted by Crippen LogP contribution is 2.40. The van der Waals surface area contributed by atoms with Crippen LogP contribution in [0.3, 0.4) is 0 Å². The van der Waals surface area contributed by atoms with Gasteiger partial charge in [0.05, 0.1) is 27.4 Å². The molecule has 0 fully saturated rings. The second-order valence-electron chi connectivity index (χ2n) is 9.47. The molecule has 3 rings (SSSR count). The van der Waals surface area contributed by atoms with Crippen molar-refractivity contribution in [3.8, 4) is 11.4 Å². The molecular weight excluding hydrogens is 466 g/mol. The second kappa shape index (κ2) is 11.2. The predicted molar refractivity (Wildman–Crippen MR) is 140 cm³/mol. The number of esters is 1. The van der Waals surface area contributed by atoms with Crippen LogP contribution in [0, 0.1) is 5.41 Å². The van der Waals surface area contributed by atoms with E-state index in [2.05, 4.69) is 10.2 Å². The maximum absolute atomic E-state index is 13.6.